The van der Waals surface area contributed by atoms with Gasteiger partial charge < -0.3 is 5.32 Å². The number of aryl methyl sites for hydroxylation is 2. The highest BCUT2D eigenvalue weighted by atomic mass is 32.2. The van der Waals surface area contributed by atoms with Crippen molar-refractivity contribution in [3.63, 3.8) is 0 Å². The maximum atomic E-state index is 11.2. The molecule has 0 radical (unpaired) electrons. The zero-order valence-corrected chi connectivity index (χ0v) is 14.6. The Hall–Kier alpha value is -0.530. The van der Waals surface area contributed by atoms with Gasteiger partial charge in [0.1, 0.15) is 9.84 Å². The molecule has 0 amide bonds. The fourth-order valence-electron chi connectivity index (χ4n) is 1.84. The van der Waals surface area contributed by atoms with Crippen LogP contribution in [0.4, 0.5) is 0 Å². The number of sulfone groups is 1. The third-order valence-corrected chi connectivity index (χ3v) is 5.23. The molecule has 0 aliphatic carbocycles. The predicted octanol–water partition coefficient (Wildman–Crippen LogP) is 1.61. The zero-order valence-electron chi connectivity index (χ0n) is 12.9. The molecule has 20 heavy (non-hydrogen) atoms. The van der Waals surface area contributed by atoms with Crippen molar-refractivity contribution in [1.82, 2.24) is 15.1 Å². The summed E-state index contributed by atoms with van der Waals surface area (Å²) < 4.78 is 24.2. The molecule has 0 spiro atoms. The van der Waals surface area contributed by atoms with Crippen LogP contribution in [0.3, 0.4) is 0 Å². The van der Waals surface area contributed by atoms with Crippen LogP contribution in [0.2, 0.25) is 0 Å². The first-order chi connectivity index (χ1) is 9.20. The van der Waals surface area contributed by atoms with E-state index < -0.39 is 9.84 Å². The Labute approximate surface area is 126 Å². The molecule has 0 saturated carbocycles. The normalized spacial score (nSPS) is 12.3. The minimum Gasteiger partial charge on any atom is -0.312 e. The molecule has 1 heterocycles. The van der Waals surface area contributed by atoms with Gasteiger partial charge in [0.05, 0.1) is 16.5 Å². The first-order valence-corrected chi connectivity index (χ1v) is 9.79. The molecule has 1 aromatic heterocycles. The van der Waals surface area contributed by atoms with E-state index in [2.05, 4.69) is 24.3 Å². The van der Waals surface area contributed by atoms with Crippen molar-refractivity contribution < 1.29 is 8.42 Å². The van der Waals surface area contributed by atoms with Crippen LogP contribution in [0.5, 0.6) is 0 Å². The van der Waals surface area contributed by atoms with Crippen LogP contribution in [0, 0.1) is 12.8 Å². The van der Waals surface area contributed by atoms with E-state index in [0.717, 1.165) is 23.8 Å². The lowest BCUT2D eigenvalue weighted by Gasteiger charge is -2.09. The number of nitrogens with one attached hydrogen (secondary N) is 1. The number of hydrogen-bond donors (Lipinski definition) is 1. The molecule has 116 valence electrons. The first-order valence-electron chi connectivity index (χ1n) is 6.74. The average molecular weight is 319 g/mol. The van der Waals surface area contributed by atoms with Crippen LogP contribution in [-0.2, 0) is 23.4 Å². The van der Waals surface area contributed by atoms with Gasteiger partial charge in [-0.15, -0.1) is 11.8 Å². The van der Waals surface area contributed by atoms with Gasteiger partial charge in [0.25, 0.3) is 0 Å². The molecular formula is C13H25N3O2S2. The lowest BCUT2D eigenvalue weighted by molar-refractivity contribution is 0.548. The van der Waals surface area contributed by atoms with Gasteiger partial charge in [-0.2, -0.15) is 5.10 Å². The van der Waals surface area contributed by atoms with Crippen LogP contribution in [0.15, 0.2) is 5.03 Å². The topological polar surface area (TPSA) is 64.0 Å². The largest absolute Gasteiger partial charge is 0.312 e. The highest BCUT2D eigenvalue weighted by Crippen LogP contribution is 2.25. The molecule has 1 N–H and O–H groups in total. The summed E-state index contributed by atoms with van der Waals surface area (Å²) in [4.78, 5) is 0. The second-order valence-electron chi connectivity index (χ2n) is 5.50. The standard InChI is InChI=1S/C13H25N3O2S2/c1-10(2)8-14-9-12-11(3)15-16(4)13(12)19-6-7-20(5,17)18/h10,14H,6-9H2,1-5H3. The number of aromatic nitrogens is 2. The van der Waals surface area contributed by atoms with Gasteiger partial charge in [-0.25, -0.2) is 8.42 Å². The zero-order chi connectivity index (χ0) is 15.3. The Morgan fingerprint density at radius 3 is 2.60 bits per heavy atom. The Balaban J connectivity index is 2.69. The summed E-state index contributed by atoms with van der Waals surface area (Å²) in [5.41, 5.74) is 2.18. The number of hydrogen-bond acceptors (Lipinski definition) is 5. The molecule has 1 aromatic rings. The molecule has 7 heteroatoms. The summed E-state index contributed by atoms with van der Waals surface area (Å²) in [7, 11) is -1.00. The number of nitrogens with zero attached hydrogens (tertiary/aromatic N) is 2. The molecular weight excluding hydrogens is 294 g/mol. The molecule has 0 atom stereocenters. The van der Waals surface area contributed by atoms with Gasteiger partial charge >= 0.3 is 0 Å². The molecule has 0 saturated heterocycles. The predicted molar refractivity (Wildman–Crippen MR) is 84.9 cm³/mol. The van der Waals surface area contributed by atoms with Gasteiger partial charge in [-0.3, -0.25) is 4.68 Å². The van der Waals surface area contributed by atoms with E-state index in [-0.39, 0.29) is 5.75 Å². The van der Waals surface area contributed by atoms with E-state index in [0.29, 0.717) is 11.7 Å². The first kappa shape index (κ1) is 17.5. The Bertz CT molecular complexity index is 536. The van der Waals surface area contributed by atoms with Gasteiger partial charge in [0, 0.05) is 31.2 Å². The monoisotopic (exact) mass is 319 g/mol. The van der Waals surface area contributed by atoms with E-state index >= 15 is 0 Å². The van der Waals surface area contributed by atoms with E-state index in [1.807, 2.05) is 18.7 Å². The molecule has 0 fully saturated rings. The van der Waals surface area contributed by atoms with Crippen molar-refractivity contribution >= 4 is 21.6 Å². The van der Waals surface area contributed by atoms with E-state index in [1.54, 1.807) is 11.8 Å². The Morgan fingerprint density at radius 1 is 1.40 bits per heavy atom. The van der Waals surface area contributed by atoms with Crippen molar-refractivity contribution in [2.45, 2.75) is 32.3 Å². The summed E-state index contributed by atoms with van der Waals surface area (Å²) in [5.74, 6) is 1.36. The second-order valence-corrected chi connectivity index (χ2v) is 8.84. The third-order valence-electron chi connectivity index (χ3n) is 2.84. The van der Waals surface area contributed by atoms with E-state index in [9.17, 15) is 8.42 Å². The van der Waals surface area contributed by atoms with Crippen molar-refractivity contribution in [3.05, 3.63) is 11.3 Å². The van der Waals surface area contributed by atoms with Gasteiger partial charge in [0.15, 0.2) is 0 Å². The van der Waals surface area contributed by atoms with Crippen molar-refractivity contribution in [2.75, 3.05) is 24.3 Å². The maximum Gasteiger partial charge on any atom is 0.148 e. The lowest BCUT2D eigenvalue weighted by Crippen LogP contribution is -2.19. The average Bonchev–Trinajstić information content (AvgIpc) is 2.53. The van der Waals surface area contributed by atoms with Crippen LogP contribution in [0.25, 0.3) is 0 Å². The minimum absolute atomic E-state index is 0.195. The molecule has 0 bridgehead atoms. The lowest BCUT2D eigenvalue weighted by atomic mass is 10.2. The Kier molecular flexibility index (Phi) is 6.54. The van der Waals surface area contributed by atoms with Crippen LogP contribution in [-0.4, -0.2) is 42.5 Å². The maximum absolute atomic E-state index is 11.2. The summed E-state index contributed by atoms with van der Waals surface area (Å²) in [6.45, 7) is 8.07. The van der Waals surface area contributed by atoms with Crippen molar-refractivity contribution in [3.8, 4) is 0 Å². The molecule has 1 rings (SSSR count). The third kappa shape index (κ3) is 5.85. The fraction of sp³-hybridized carbons (Fsp3) is 0.769. The van der Waals surface area contributed by atoms with Crippen molar-refractivity contribution in [1.29, 1.82) is 0 Å². The van der Waals surface area contributed by atoms with Crippen LogP contribution in [0.1, 0.15) is 25.1 Å². The van der Waals surface area contributed by atoms with Crippen LogP contribution < -0.4 is 5.32 Å². The second kappa shape index (κ2) is 7.47. The summed E-state index contributed by atoms with van der Waals surface area (Å²) >= 11 is 1.56. The highest BCUT2D eigenvalue weighted by molar-refractivity contribution is 8.00. The summed E-state index contributed by atoms with van der Waals surface area (Å²) in [6.07, 6.45) is 1.27. The smallest absolute Gasteiger partial charge is 0.148 e. The number of rotatable bonds is 8. The van der Waals surface area contributed by atoms with E-state index in [4.69, 9.17) is 0 Å². The SMILES string of the molecule is Cc1nn(C)c(SCCS(C)(=O)=O)c1CNCC(C)C. The summed E-state index contributed by atoms with van der Waals surface area (Å²) in [5, 5.41) is 8.91. The van der Waals surface area contributed by atoms with Crippen molar-refractivity contribution in [2.24, 2.45) is 13.0 Å². The molecule has 5 nitrogen and oxygen atoms in total. The van der Waals surface area contributed by atoms with Gasteiger partial charge in [-0.1, -0.05) is 13.8 Å². The van der Waals surface area contributed by atoms with E-state index in [1.165, 1.54) is 11.8 Å². The van der Waals surface area contributed by atoms with Gasteiger partial charge in [0.2, 0.25) is 0 Å². The Morgan fingerprint density at radius 2 is 2.05 bits per heavy atom. The molecule has 0 unspecified atom stereocenters. The molecule has 0 aliphatic heterocycles. The highest BCUT2D eigenvalue weighted by Gasteiger charge is 2.14. The fourth-order valence-corrected chi connectivity index (χ4v) is 4.20. The number of thioether (sulfide) groups is 1. The molecule has 0 aliphatic rings. The summed E-state index contributed by atoms with van der Waals surface area (Å²) in [6, 6.07) is 0. The molecule has 0 aromatic carbocycles. The van der Waals surface area contributed by atoms with Crippen LogP contribution >= 0.6 is 11.8 Å². The minimum atomic E-state index is -2.91. The van der Waals surface area contributed by atoms with Gasteiger partial charge in [-0.05, 0) is 19.4 Å². The quantitative estimate of drug-likeness (QED) is 0.738.